The summed E-state index contributed by atoms with van der Waals surface area (Å²) in [7, 11) is -0.676. The fourth-order valence-corrected chi connectivity index (χ4v) is 5.80. The Morgan fingerprint density at radius 3 is 2.39 bits per heavy atom. The molecule has 0 fully saturated rings. The lowest BCUT2D eigenvalue weighted by molar-refractivity contribution is -0.134. The van der Waals surface area contributed by atoms with E-state index in [1.165, 1.54) is 0 Å². The second kappa shape index (κ2) is 8.26. The lowest BCUT2D eigenvalue weighted by atomic mass is 9.87. The zero-order chi connectivity index (χ0) is 22.2. The number of amides is 1. The molecular weight excluding hydrogens is 418 g/mol. The average molecular weight is 444 g/mol. The molecule has 2 aliphatic heterocycles. The van der Waals surface area contributed by atoms with E-state index in [2.05, 4.69) is 0 Å². The van der Waals surface area contributed by atoms with Gasteiger partial charge in [-0.3, -0.25) is 4.79 Å². The molecule has 0 saturated heterocycles. The van der Waals surface area contributed by atoms with Gasteiger partial charge in [-0.25, -0.2) is 8.42 Å². The summed E-state index contributed by atoms with van der Waals surface area (Å²) in [6.45, 7) is 2.13. The first kappa shape index (κ1) is 21.2. The van der Waals surface area contributed by atoms with Crippen LogP contribution in [0.2, 0.25) is 0 Å². The van der Waals surface area contributed by atoms with Gasteiger partial charge in [0.25, 0.3) is 0 Å². The Morgan fingerprint density at radius 1 is 1.06 bits per heavy atom. The van der Waals surface area contributed by atoms with Crippen LogP contribution in [0.5, 0.6) is 11.5 Å². The second-order valence-electron chi connectivity index (χ2n) is 7.42. The van der Waals surface area contributed by atoms with Crippen LogP contribution in [0.15, 0.2) is 58.0 Å². The number of hydrogen-bond donors (Lipinski definition) is 0. The largest absolute Gasteiger partial charge is 0.497 e. The van der Waals surface area contributed by atoms with Crippen LogP contribution in [0, 0.1) is 0 Å². The van der Waals surface area contributed by atoms with Crippen molar-refractivity contribution in [3.8, 4) is 11.5 Å². The van der Waals surface area contributed by atoms with Gasteiger partial charge < -0.3 is 19.1 Å². The average Bonchev–Trinajstić information content (AvgIpc) is 2.78. The Labute approximate surface area is 182 Å². The summed E-state index contributed by atoms with van der Waals surface area (Å²) in [6.07, 6.45) is 0.457. The van der Waals surface area contributed by atoms with E-state index in [4.69, 9.17) is 14.2 Å². The first-order valence-electron chi connectivity index (χ1n) is 10.1. The van der Waals surface area contributed by atoms with E-state index in [-0.39, 0.29) is 41.1 Å². The van der Waals surface area contributed by atoms with Gasteiger partial charge in [0.2, 0.25) is 15.7 Å². The smallest absolute Gasteiger partial charge is 0.227 e. The Bertz CT molecular complexity index is 1140. The van der Waals surface area contributed by atoms with Gasteiger partial charge in [0.05, 0.1) is 44.7 Å². The SMILES string of the molecule is CCOC1=C(S(=O)(=O)c2ccccc2)CN2C(=O)Cc3cc(OC)c(OC)cc3C2C1. The summed E-state index contributed by atoms with van der Waals surface area (Å²) in [6, 6.07) is 11.6. The molecule has 0 saturated carbocycles. The Kier molecular flexibility index (Phi) is 5.66. The summed E-state index contributed by atoms with van der Waals surface area (Å²) in [5, 5.41) is 0. The minimum absolute atomic E-state index is 0.0240. The molecule has 0 aromatic heterocycles. The first-order valence-corrected chi connectivity index (χ1v) is 11.6. The van der Waals surface area contributed by atoms with Crippen molar-refractivity contribution in [1.82, 2.24) is 4.90 Å². The molecule has 8 heteroatoms. The number of rotatable bonds is 6. The monoisotopic (exact) mass is 443 g/mol. The summed E-state index contributed by atoms with van der Waals surface area (Å²) >= 11 is 0. The predicted octanol–water partition coefficient (Wildman–Crippen LogP) is 3.26. The number of fused-ring (bicyclic) bond motifs is 3. The molecular formula is C23H25NO6S. The van der Waals surface area contributed by atoms with Crippen LogP contribution < -0.4 is 9.47 Å². The van der Waals surface area contributed by atoms with E-state index >= 15 is 0 Å². The molecule has 1 amide bonds. The number of ether oxygens (including phenoxy) is 3. The normalized spacial score (nSPS) is 18.4. The predicted molar refractivity (Wildman–Crippen MR) is 115 cm³/mol. The highest BCUT2D eigenvalue weighted by Gasteiger charge is 2.42. The number of sulfone groups is 1. The van der Waals surface area contributed by atoms with Gasteiger partial charge in [-0.2, -0.15) is 0 Å². The maximum atomic E-state index is 13.4. The number of hydrogen-bond acceptors (Lipinski definition) is 6. The fraction of sp³-hybridized carbons (Fsp3) is 0.348. The molecule has 2 aliphatic rings. The highest BCUT2D eigenvalue weighted by Crippen LogP contribution is 2.45. The van der Waals surface area contributed by atoms with Gasteiger partial charge >= 0.3 is 0 Å². The van der Waals surface area contributed by atoms with Crippen molar-refractivity contribution in [3.63, 3.8) is 0 Å². The molecule has 1 atom stereocenters. The number of carbonyl (C=O) groups excluding carboxylic acids is 1. The van der Waals surface area contributed by atoms with Crippen molar-refractivity contribution in [2.45, 2.75) is 30.7 Å². The van der Waals surface area contributed by atoms with E-state index in [1.54, 1.807) is 49.5 Å². The molecule has 2 aromatic rings. The van der Waals surface area contributed by atoms with Crippen molar-refractivity contribution in [2.24, 2.45) is 0 Å². The molecule has 1 unspecified atom stereocenters. The second-order valence-corrected chi connectivity index (χ2v) is 9.39. The Hall–Kier alpha value is -3.00. The van der Waals surface area contributed by atoms with E-state index < -0.39 is 9.84 Å². The molecule has 0 N–H and O–H groups in total. The fourth-order valence-electron chi connectivity index (χ4n) is 4.25. The molecule has 0 radical (unpaired) electrons. The van der Waals surface area contributed by atoms with Crippen LogP contribution in [-0.2, 0) is 25.8 Å². The maximum Gasteiger partial charge on any atom is 0.227 e. The highest BCUT2D eigenvalue weighted by atomic mass is 32.2. The molecule has 2 heterocycles. The summed E-state index contributed by atoms with van der Waals surface area (Å²) in [4.78, 5) is 15.0. The highest BCUT2D eigenvalue weighted by molar-refractivity contribution is 7.95. The summed E-state index contributed by atoms with van der Waals surface area (Å²) in [5.41, 5.74) is 1.78. The zero-order valence-corrected chi connectivity index (χ0v) is 18.6. The molecule has 31 heavy (non-hydrogen) atoms. The van der Waals surface area contributed by atoms with Crippen LogP contribution in [0.1, 0.15) is 30.5 Å². The molecule has 0 aliphatic carbocycles. The van der Waals surface area contributed by atoms with Gasteiger partial charge in [-0.1, -0.05) is 18.2 Å². The number of carbonyl (C=O) groups is 1. The van der Waals surface area contributed by atoms with Crippen molar-refractivity contribution in [3.05, 3.63) is 64.3 Å². The molecule has 2 aromatic carbocycles. The molecule has 4 rings (SSSR count). The third-order valence-corrected chi connectivity index (χ3v) is 7.64. The van der Waals surface area contributed by atoms with Gasteiger partial charge in [0.15, 0.2) is 11.5 Å². The minimum Gasteiger partial charge on any atom is -0.497 e. The van der Waals surface area contributed by atoms with E-state index in [0.29, 0.717) is 23.9 Å². The van der Waals surface area contributed by atoms with Gasteiger partial charge in [-0.15, -0.1) is 0 Å². The van der Waals surface area contributed by atoms with Crippen LogP contribution in [0.3, 0.4) is 0 Å². The van der Waals surface area contributed by atoms with Crippen LogP contribution >= 0.6 is 0 Å². The molecule has 7 nitrogen and oxygen atoms in total. The summed E-state index contributed by atoms with van der Waals surface area (Å²) < 4.78 is 43.4. The van der Waals surface area contributed by atoms with Gasteiger partial charge in [0.1, 0.15) is 10.7 Å². The third-order valence-electron chi connectivity index (χ3n) is 5.74. The van der Waals surface area contributed by atoms with Crippen molar-refractivity contribution >= 4 is 15.7 Å². The standard InChI is InChI=1S/C23H25NO6S/c1-4-30-21-13-18-17-12-20(29-3)19(28-2)10-15(17)11-23(25)24(18)14-22(21)31(26,27)16-8-6-5-7-9-16/h5-10,12,18H,4,11,13-14H2,1-3H3. The van der Waals surface area contributed by atoms with Gasteiger partial charge in [0, 0.05) is 6.42 Å². The topological polar surface area (TPSA) is 82.1 Å². The zero-order valence-electron chi connectivity index (χ0n) is 17.8. The third kappa shape index (κ3) is 3.65. The van der Waals surface area contributed by atoms with Crippen LogP contribution in [0.25, 0.3) is 0 Å². The lowest BCUT2D eigenvalue weighted by Crippen LogP contribution is -2.45. The van der Waals surface area contributed by atoms with Crippen LogP contribution in [-0.4, -0.2) is 46.6 Å². The minimum atomic E-state index is -3.79. The van der Waals surface area contributed by atoms with Crippen molar-refractivity contribution in [1.29, 1.82) is 0 Å². The molecule has 164 valence electrons. The number of methoxy groups -OCH3 is 2. The molecule has 0 bridgehead atoms. The lowest BCUT2D eigenvalue weighted by Gasteiger charge is -2.41. The Balaban J connectivity index is 1.82. The van der Waals surface area contributed by atoms with Crippen molar-refractivity contribution < 1.29 is 27.4 Å². The van der Waals surface area contributed by atoms with E-state index in [1.807, 2.05) is 19.1 Å². The van der Waals surface area contributed by atoms with Crippen molar-refractivity contribution in [2.75, 3.05) is 27.4 Å². The van der Waals surface area contributed by atoms with E-state index in [0.717, 1.165) is 11.1 Å². The molecule has 0 spiro atoms. The van der Waals surface area contributed by atoms with E-state index in [9.17, 15) is 13.2 Å². The summed E-state index contributed by atoms with van der Waals surface area (Å²) in [5.74, 6) is 1.41. The Morgan fingerprint density at radius 2 is 1.74 bits per heavy atom. The first-order chi connectivity index (χ1) is 14.9. The number of nitrogens with zero attached hydrogens (tertiary/aromatic N) is 1. The van der Waals surface area contributed by atoms with Crippen LogP contribution in [0.4, 0.5) is 0 Å². The quantitative estimate of drug-likeness (QED) is 0.682. The maximum absolute atomic E-state index is 13.4. The number of benzene rings is 2. The van der Waals surface area contributed by atoms with Gasteiger partial charge in [-0.05, 0) is 42.3 Å².